The first kappa shape index (κ1) is 21.6. The fraction of sp³-hybridized carbons (Fsp3) is 0.600. The number of nitrogens with zero attached hydrogens (tertiary/aromatic N) is 2. The summed E-state index contributed by atoms with van der Waals surface area (Å²) in [6.07, 6.45) is 2.42. The Morgan fingerprint density at radius 1 is 1.10 bits per heavy atom. The third-order valence-corrected chi connectivity index (χ3v) is 7.77. The number of benzene rings is 1. The van der Waals surface area contributed by atoms with Crippen molar-refractivity contribution in [3.05, 3.63) is 23.8 Å². The standard InChI is InChI=1S/C20H29N3O5S/c1-14-5-6-17(28-2)18(12-14)29(26,27)23-9-3-4-16(13-23)20(25)22-10-7-15(8-11-22)19(21)24/h5-6,12,15-16H,3-4,7-11,13H2,1-2H3,(H2,21,24)/t16-/m0/s1. The molecule has 0 unspecified atom stereocenters. The molecule has 1 atom stereocenters. The van der Waals surface area contributed by atoms with Gasteiger partial charge in [0.15, 0.2) is 0 Å². The zero-order valence-electron chi connectivity index (χ0n) is 17.0. The summed E-state index contributed by atoms with van der Waals surface area (Å²) in [5.74, 6) is -0.615. The number of sulfonamides is 1. The molecule has 0 radical (unpaired) electrons. The average Bonchev–Trinajstić information content (AvgIpc) is 2.73. The number of amides is 2. The molecule has 1 aromatic rings. The molecule has 0 bridgehead atoms. The van der Waals surface area contributed by atoms with Gasteiger partial charge in [-0.05, 0) is 50.3 Å². The first-order chi connectivity index (χ1) is 13.7. The molecule has 3 rings (SSSR count). The number of hydrogen-bond acceptors (Lipinski definition) is 5. The van der Waals surface area contributed by atoms with Gasteiger partial charge >= 0.3 is 0 Å². The number of aryl methyl sites for hydroxylation is 1. The summed E-state index contributed by atoms with van der Waals surface area (Å²) in [5, 5.41) is 0. The van der Waals surface area contributed by atoms with Gasteiger partial charge in [0.1, 0.15) is 10.6 Å². The minimum atomic E-state index is -3.77. The van der Waals surface area contributed by atoms with E-state index in [-0.39, 0.29) is 35.1 Å². The SMILES string of the molecule is COc1ccc(C)cc1S(=O)(=O)N1CCC[C@H](C(=O)N2CCC(C(N)=O)CC2)C1. The molecule has 160 valence electrons. The van der Waals surface area contributed by atoms with E-state index in [4.69, 9.17) is 10.5 Å². The quantitative estimate of drug-likeness (QED) is 0.763. The lowest BCUT2D eigenvalue weighted by molar-refractivity contribution is -0.139. The largest absolute Gasteiger partial charge is 0.495 e. The van der Waals surface area contributed by atoms with Gasteiger partial charge in [-0.1, -0.05) is 6.07 Å². The monoisotopic (exact) mass is 423 g/mol. The van der Waals surface area contributed by atoms with Crippen molar-refractivity contribution in [2.75, 3.05) is 33.3 Å². The van der Waals surface area contributed by atoms with E-state index in [1.165, 1.54) is 11.4 Å². The molecule has 2 fully saturated rings. The van der Waals surface area contributed by atoms with Crippen molar-refractivity contribution in [1.29, 1.82) is 0 Å². The number of methoxy groups -OCH3 is 1. The van der Waals surface area contributed by atoms with Crippen LogP contribution in [-0.2, 0) is 19.6 Å². The highest BCUT2D eigenvalue weighted by Crippen LogP contribution is 2.31. The highest BCUT2D eigenvalue weighted by Gasteiger charge is 2.37. The summed E-state index contributed by atoms with van der Waals surface area (Å²) in [4.78, 5) is 26.2. The molecule has 1 aromatic carbocycles. The van der Waals surface area contributed by atoms with Crippen LogP contribution in [0.1, 0.15) is 31.2 Å². The molecule has 29 heavy (non-hydrogen) atoms. The minimum Gasteiger partial charge on any atom is -0.495 e. The van der Waals surface area contributed by atoms with Gasteiger partial charge in [0.05, 0.1) is 13.0 Å². The second-order valence-electron chi connectivity index (χ2n) is 7.86. The van der Waals surface area contributed by atoms with Gasteiger partial charge in [-0.3, -0.25) is 9.59 Å². The van der Waals surface area contributed by atoms with Gasteiger partial charge in [0, 0.05) is 32.1 Å². The van der Waals surface area contributed by atoms with Gasteiger partial charge in [-0.25, -0.2) is 8.42 Å². The van der Waals surface area contributed by atoms with Crippen LogP contribution in [0.15, 0.2) is 23.1 Å². The van der Waals surface area contributed by atoms with Crippen LogP contribution in [0.2, 0.25) is 0 Å². The third kappa shape index (κ3) is 4.56. The van der Waals surface area contributed by atoms with Crippen LogP contribution >= 0.6 is 0 Å². The van der Waals surface area contributed by atoms with Crippen LogP contribution in [-0.4, -0.2) is 62.7 Å². The maximum atomic E-state index is 13.3. The summed E-state index contributed by atoms with van der Waals surface area (Å²) in [7, 11) is -2.32. The van der Waals surface area contributed by atoms with E-state index in [9.17, 15) is 18.0 Å². The number of hydrogen-bond donors (Lipinski definition) is 1. The Bertz CT molecular complexity index is 878. The Kier molecular flexibility index (Phi) is 6.48. The predicted molar refractivity (Wildman–Crippen MR) is 108 cm³/mol. The van der Waals surface area contributed by atoms with Crippen molar-refractivity contribution in [1.82, 2.24) is 9.21 Å². The van der Waals surface area contributed by atoms with Crippen LogP contribution in [0.3, 0.4) is 0 Å². The number of rotatable bonds is 5. The molecule has 2 saturated heterocycles. The first-order valence-corrected chi connectivity index (χ1v) is 11.4. The smallest absolute Gasteiger partial charge is 0.246 e. The molecular formula is C20H29N3O5S. The molecule has 2 aliphatic heterocycles. The lowest BCUT2D eigenvalue weighted by atomic mass is 9.93. The number of likely N-dealkylation sites (tertiary alicyclic amines) is 1. The second kappa shape index (κ2) is 8.71. The van der Waals surface area contributed by atoms with Gasteiger partial charge in [0.2, 0.25) is 21.8 Å². The van der Waals surface area contributed by atoms with E-state index < -0.39 is 10.0 Å². The zero-order valence-corrected chi connectivity index (χ0v) is 17.8. The molecule has 0 aliphatic carbocycles. The van der Waals surface area contributed by atoms with Crippen molar-refractivity contribution in [3.63, 3.8) is 0 Å². The number of carbonyl (C=O) groups excluding carboxylic acids is 2. The molecular weight excluding hydrogens is 394 g/mol. The fourth-order valence-electron chi connectivity index (χ4n) is 4.13. The molecule has 2 amide bonds. The second-order valence-corrected chi connectivity index (χ2v) is 9.76. The van der Waals surface area contributed by atoms with Crippen molar-refractivity contribution in [2.45, 2.75) is 37.5 Å². The molecule has 0 saturated carbocycles. The van der Waals surface area contributed by atoms with E-state index >= 15 is 0 Å². The Morgan fingerprint density at radius 2 is 1.79 bits per heavy atom. The van der Waals surface area contributed by atoms with Gasteiger partial charge in [0.25, 0.3) is 0 Å². The van der Waals surface area contributed by atoms with Crippen molar-refractivity contribution < 1.29 is 22.7 Å². The summed E-state index contributed by atoms with van der Waals surface area (Å²) in [6, 6.07) is 5.06. The van der Waals surface area contributed by atoms with Crippen molar-refractivity contribution in [3.8, 4) is 5.75 Å². The fourth-order valence-corrected chi connectivity index (χ4v) is 5.89. The maximum absolute atomic E-state index is 13.3. The molecule has 2 heterocycles. The average molecular weight is 424 g/mol. The third-order valence-electron chi connectivity index (χ3n) is 5.88. The number of piperidine rings is 2. The molecule has 0 aromatic heterocycles. The minimum absolute atomic E-state index is 0.0379. The van der Waals surface area contributed by atoms with Crippen molar-refractivity contribution in [2.24, 2.45) is 17.6 Å². The lowest BCUT2D eigenvalue weighted by Gasteiger charge is -2.37. The van der Waals surface area contributed by atoms with Gasteiger partial charge < -0.3 is 15.4 Å². The molecule has 2 N–H and O–H groups in total. The van der Waals surface area contributed by atoms with Crippen LogP contribution in [0.5, 0.6) is 5.75 Å². The number of carbonyl (C=O) groups is 2. The maximum Gasteiger partial charge on any atom is 0.246 e. The lowest BCUT2D eigenvalue weighted by Crippen LogP contribution is -2.49. The summed E-state index contributed by atoms with van der Waals surface area (Å²) >= 11 is 0. The Morgan fingerprint density at radius 3 is 2.41 bits per heavy atom. The zero-order chi connectivity index (χ0) is 21.2. The van der Waals surface area contributed by atoms with Gasteiger partial charge in [-0.15, -0.1) is 0 Å². The van der Waals surface area contributed by atoms with E-state index in [2.05, 4.69) is 0 Å². The first-order valence-electron chi connectivity index (χ1n) is 9.97. The summed E-state index contributed by atoms with van der Waals surface area (Å²) in [5.41, 5.74) is 6.19. The predicted octanol–water partition coefficient (Wildman–Crippen LogP) is 1.13. The van der Waals surface area contributed by atoms with Crippen molar-refractivity contribution >= 4 is 21.8 Å². The van der Waals surface area contributed by atoms with E-state index in [1.54, 1.807) is 23.1 Å². The molecule has 8 nitrogen and oxygen atoms in total. The van der Waals surface area contributed by atoms with Crippen LogP contribution in [0.4, 0.5) is 0 Å². The van der Waals surface area contributed by atoms with Crippen LogP contribution in [0, 0.1) is 18.8 Å². The Labute approximate surface area is 172 Å². The normalized spacial score (nSPS) is 21.7. The molecule has 9 heteroatoms. The van der Waals surface area contributed by atoms with Crippen LogP contribution in [0.25, 0.3) is 0 Å². The highest BCUT2D eigenvalue weighted by atomic mass is 32.2. The number of nitrogens with two attached hydrogens (primary N) is 1. The van der Waals surface area contributed by atoms with E-state index in [1.807, 2.05) is 6.92 Å². The summed E-state index contributed by atoms with van der Waals surface area (Å²) < 4.78 is 33.2. The number of primary amides is 1. The van der Waals surface area contributed by atoms with Crippen LogP contribution < -0.4 is 10.5 Å². The Balaban J connectivity index is 1.73. The van der Waals surface area contributed by atoms with E-state index in [0.29, 0.717) is 51.1 Å². The highest BCUT2D eigenvalue weighted by molar-refractivity contribution is 7.89. The molecule has 2 aliphatic rings. The van der Waals surface area contributed by atoms with Gasteiger partial charge in [-0.2, -0.15) is 4.31 Å². The molecule has 0 spiro atoms. The topological polar surface area (TPSA) is 110 Å². The Hall–Kier alpha value is -2.13. The number of ether oxygens (including phenoxy) is 1. The summed E-state index contributed by atoms with van der Waals surface area (Å²) in [6.45, 7) is 3.35. The van der Waals surface area contributed by atoms with E-state index in [0.717, 1.165) is 5.56 Å².